The number of halogens is 1. The number of rotatable bonds is 7. The van der Waals surface area contributed by atoms with Gasteiger partial charge in [-0.15, -0.1) is 21.5 Å². The van der Waals surface area contributed by atoms with Gasteiger partial charge in [-0.3, -0.25) is 14.5 Å². The molecule has 35 heavy (non-hydrogen) atoms. The van der Waals surface area contributed by atoms with Crippen molar-refractivity contribution >= 4 is 51.3 Å². The smallest absolute Gasteiger partial charge is 0.296 e. The zero-order valence-electron chi connectivity index (χ0n) is 17.8. The second-order valence-corrected chi connectivity index (χ2v) is 10.6. The molecule has 0 aliphatic carbocycles. The molecule has 0 radical (unpaired) electrons. The van der Waals surface area contributed by atoms with Crippen molar-refractivity contribution in [3.8, 4) is 5.75 Å². The summed E-state index contributed by atoms with van der Waals surface area (Å²) in [4.78, 5) is 28.1. The molecule has 1 atom stereocenters. The molecule has 0 fully saturated rings. The van der Waals surface area contributed by atoms with Crippen LogP contribution in [-0.4, -0.2) is 32.1 Å². The second kappa shape index (κ2) is 9.61. The van der Waals surface area contributed by atoms with Crippen molar-refractivity contribution in [1.82, 2.24) is 10.2 Å². The van der Waals surface area contributed by atoms with Gasteiger partial charge in [0, 0.05) is 5.75 Å². The third-order valence-electron chi connectivity index (χ3n) is 5.32. The van der Waals surface area contributed by atoms with Crippen molar-refractivity contribution in [2.75, 3.05) is 4.90 Å². The molecule has 3 heterocycles. The Bertz CT molecular complexity index is 1430. The molecular weight excluding hydrogens is 509 g/mol. The molecule has 1 aliphatic heterocycles. The second-order valence-electron chi connectivity index (χ2n) is 7.47. The highest BCUT2D eigenvalue weighted by Crippen LogP contribution is 2.44. The number of phenolic OH excluding ortho intramolecular Hbond substituents is 1. The van der Waals surface area contributed by atoms with E-state index in [9.17, 15) is 24.2 Å². The van der Waals surface area contributed by atoms with Crippen molar-refractivity contribution in [3.63, 3.8) is 0 Å². The predicted molar refractivity (Wildman–Crippen MR) is 133 cm³/mol. The van der Waals surface area contributed by atoms with Gasteiger partial charge in [-0.25, -0.2) is 4.39 Å². The molecule has 0 spiro atoms. The van der Waals surface area contributed by atoms with Gasteiger partial charge in [0.15, 0.2) is 10.1 Å². The van der Waals surface area contributed by atoms with E-state index in [1.165, 1.54) is 46.2 Å². The van der Waals surface area contributed by atoms with Gasteiger partial charge >= 0.3 is 0 Å². The molecule has 1 unspecified atom stereocenters. The largest absolute Gasteiger partial charge is 0.508 e. The van der Waals surface area contributed by atoms with Gasteiger partial charge in [-0.05, 0) is 40.8 Å². The summed E-state index contributed by atoms with van der Waals surface area (Å²) in [6.45, 7) is 0. The fourth-order valence-corrected chi connectivity index (χ4v) is 6.19. The van der Waals surface area contributed by atoms with Crippen molar-refractivity contribution in [1.29, 1.82) is 0 Å². The summed E-state index contributed by atoms with van der Waals surface area (Å²) in [5, 5.41) is 30.7. The van der Waals surface area contributed by atoms with Gasteiger partial charge in [0.2, 0.25) is 10.9 Å². The quantitative estimate of drug-likeness (QED) is 0.186. The van der Waals surface area contributed by atoms with Crippen molar-refractivity contribution in [2.45, 2.75) is 16.1 Å². The molecule has 176 valence electrons. The first-order valence-corrected chi connectivity index (χ1v) is 13.0. The molecule has 7 nitrogen and oxygen atoms in total. The number of aliphatic hydroxyl groups is 1. The van der Waals surface area contributed by atoms with Crippen LogP contribution in [0.15, 0.2) is 81.7 Å². The number of carbonyl (C=O) groups is 2. The molecule has 4 aromatic rings. The van der Waals surface area contributed by atoms with E-state index < -0.39 is 23.5 Å². The number of thioether (sulfide) groups is 1. The number of aromatic hydroxyl groups is 1. The summed E-state index contributed by atoms with van der Waals surface area (Å²) in [6.07, 6.45) is 0. The number of benzene rings is 2. The Labute approximate surface area is 211 Å². The average molecular weight is 526 g/mol. The number of aromatic nitrogens is 2. The van der Waals surface area contributed by atoms with Crippen LogP contribution in [0.4, 0.5) is 9.52 Å². The Kier molecular flexibility index (Phi) is 6.37. The summed E-state index contributed by atoms with van der Waals surface area (Å²) >= 11 is 3.57. The number of phenols is 1. The molecule has 5 rings (SSSR count). The zero-order chi connectivity index (χ0) is 24.5. The van der Waals surface area contributed by atoms with Crippen molar-refractivity contribution in [2.24, 2.45) is 0 Å². The topological polar surface area (TPSA) is 104 Å². The molecule has 1 amide bonds. The molecule has 2 aromatic carbocycles. The normalized spacial score (nSPS) is 15.7. The maximum Gasteiger partial charge on any atom is 0.296 e. The molecule has 0 bridgehead atoms. The average Bonchev–Trinajstić information content (AvgIpc) is 3.60. The number of anilines is 1. The van der Waals surface area contributed by atoms with Gasteiger partial charge in [-0.2, -0.15) is 0 Å². The van der Waals surface area contributed by atoms with Crippen LogP contribution in [0.3, 0.4) is 0 Å². The van der Waals surface area contributed by atoms with Crippen LogP contribution in [0.5, 0.6) is 5.75 Å². The maximum atomic E-state index is 14.0. The SMILES string of the molecule is O=C(C1=C(O)C(=O)N(c2nnc(SCc3ccccc3F)s2)C1c1ccc(O)cc1)c1cccs1. The van der Waals surface area contributed by atoms with E-state index in [2.05, 4.69) is 10.2 Å². The number of hydrogen-bond acceptors (Lipinski definition) is 9. The van der Waals surface area contributed by atoms with Crippen LogP contribution in [0.25, 0.3) is 0 Å². The standard InChI is InChI=1S/C24H16FN3O4S3/c25-16-5-2-1-4-14(16)12-34-24-27-26-23(35-24)28-19(13-7-9-15(29)10-8-13)18(21(31)22(28)32)20(30)17-6-3-11-33-17/h1-11,19,29,31H,12H2. The molecule has 2 N–H and O–H groups in total. The van der Waals surface area contributed by atoms with Gasteiger partial charge in [0.1, 0.15) is 11.6 Å². The lowest BCUT2D eigenvalue weighted by Crippen LogP contribution is -2.30. The van der Waals surface area contributed by atoms with E-state index in [0.29, 0.717) is 26.1 Å². The molecular formula is C24H16FN3O4S3. The highest BCUT2D eigenvalue weighted by atomic mass is 32.2. The third-order valence-corrected chi connectivity index (χ3v) is 8.29. The van der Waals surface area contributed by atoms with E-state index in [4.69, 9.17) is 0 Å². The summed E-state index contributed by atoms with van der Waals surface area (Å²) in [5.41, 5.74) is 0.950. The van der Waals surface area contributed by atoms with Gasteiger partial charge in [-0.1, -0.05) is 59.5 Å². The Hall–Kier alpha value is -3.54. The number of aliphatic hydroxyl groups excluding tert-OH is 1. The van der Waals surface area contributed by atoms with E-state index >= 15 is 0 Å². The lowest BCUT2D eigenvalue weighted by molar-refractivity contribution is -0.117. The number of amides is 1. The zero-order valence-corrected chi connectivity index (χ0v) is 20.2. The fraction of sp³-hybridized carbons (Fsp3) is 0.0833. The van der Waals surface area contributed by atoms with E-state index in [1.807, 2.05) is 0 Å². The molecule has 2 aromatic heterocycles. The number of hydrogen-bond donors (Lipinski definition) is 2. The maximum absolute atomic E-state index is 14.0. The number of carbonyl (C=O) groups excluding carboxylic acids is 2. The Morgan fingerprint density at radius 2 is 1.83 bits per heavy atom. The van der Waals surface area contributed by atoms with Gasteiger partial charge in [0.05, 0.1) is 16.5 Å². The molecule has 1 aliphatic rings. The number of nitrogens with zero attached hydrogens (tertiary/aromatic N) is 3. The van der Waals surface area contributed by atoms with E-state index in [1.54, 1.807) is 47.8 Å². The highest BCUT2D eigenvalue weighted by molar-refractivity contribution is 8.00. The monoisotopic (exact) mass is 525 g/mol. The summed E-state index contributed by atoms with van der Waals surface area (Å²) < 4.78 is 14.5. The van der Waals surface area contributed by atoms with Gasteiger partial charge in [0.25, 0.3) is 5.91 Å². The first kappa shape index (κ1) is 23.2. The summed E-state index contributed by atoms with van der Waals surface area (Å²) in [5.74, 6) is -1.88. The molecule has 0 saturated carbocycles. The van der Waals surface area contributed by atoms with Crippen molar-refractivity contribution in [3.05, 3.63) is 99.2 Å². The van der Waals surface area contributed by atoms with Crippen LogP contribution in [0, 0.1) is 5.82 Å². The van der Waals surface area contributed by atoms with Crippen LogP contribution >= 0.6 is 34.4 Å². The number of Topliss-reactive ketones (excluding diaryl/α,β-unsaturated/α-hetero) is 1. The van der Waals surface area contributed by atoms with Crippen LogP contribution < -0.4 is 4.90 Å². The van der Waals surface area contributed by atoms with E-state index in [-0.39, 0.29) is 22.3 Å². The number of thiophene rings is 1. The van der Waals surface area contributed by atoms with Gasteiger partial charge < -0.3 is 10.2 Å². The molecule has 11 heteroatoms. The van der Waals surface area contributed by atoms with E-state index in [0.717, 1.165) is 11.3 Å². The minimum atomic E-state index is -0.963. The summed E-state index contributed by atoms with van der Waals surface area (Å²) in [6, 6.07) is 14.8. The Morgan fingerprint density at radius 1 is 1.06 bits per heavy atom. The third kappa shape index (κ3) is 4.45. The molecule has 0 saturated heterocycles. The predicted octanol–water partition coefficient (Wildman–Crippen LogP) is 5.52. The minimum absolute atomic E-state index is 0.0201. The lowest BCUT2D eigenvalue weighted by Gasteiger charge is -2.24. The minimum Gasteiger partial charge on any atom is -0.508 e. The fourth-order valence-electron chi connectivity index (χ4n) is 3.66. The van der Waals surface area contributed by atoms with Crippen LogP contribution in [0.2, 0.25) is 0 Å². The lowest BCUT2D eigenvalue weighted by atomic mass is 9.95. The Balaban J connectivity index is 1.49. The van der Waals surface area contributed by atoms with Crippen LogP contribution in [0.1, 0.15) is 26.8 Å². The first-order chi connectivity index (χ1) is 16.9. The van der Waals surface area contributed by atoms with Crippen molar-refractivity contribution < 1.29 is 24.2 Å². The highest BCUT2D eigenvalue weighted by Gasteiger charge is 2.46. The Morgan fingerprint density at radius 3 is 2.54 bits per heavy atom. The number of ketones is 1. The van der Waals surface area contributed by atoms with Crippen LogP contribution in [-0.2, 0) is 10.5 Å². The summed E-state index contributed by atoms with van der Waals surface area (Å²) in [7, 11) is 0. The first-order valence-electron chi connectivity index (χ1n) is 10.3.